The number of hydrogen-bond acceptors (Lipinski definition) is 5. The summed E-state index contributed by atoms with van der Waals surface area (Å²) in [4.78, 5) is 18.0. The van der Waals surface area contributed by atoms with Gasteiger partial charge in [0, 0.05) is 6.42 Å². The van der Waals surface area contributed by atoms with Gasteiger partial charge in [-0.2, -0.15) is 0 Å². The molecule has 7 N–H and O–H groups in total. The fourth-order valence-corrected chi connectivity index (χ4v) is 0. The Labute approximate surface area is 419 Å². The maximum atomic E-state index is 10.1. The van der Waals surface area contributed by atoms with Gasteiger partial charge in [0.1, 0.15) is 12.6 Å². The monoisotopic (exact) mass is 850 g/mol. The number of rotatable bonds is 2. The van der Waals surface area contributed by atoms with Gasteiger partial charge in [0.15, 0.2) is 0 Å². The summed E-state index contributed by atoms with van der Waals surface area (Å²) in [5, 5.41) is 25.3. The largest absolute Gasteiger partial charge is 2.00 e. The molecule has 0 aromatic rings. The molecule has 0 aliphatic rings. The average Bonchev–Trinajstić information content (AvgIpc) is 3.14. The molecule has 0 aliphatic carbocycles. The van der Waals surface area contributed by atoms with Crippen LogP contribution in [-0.4, -0.2) is 63.9 Å². The minimum Gasteiger partial charge on any atom is -1.00 e. The minimum atomic E-state index is -1.17. The molecule has 350 valence electrons. The summed E-state index contributed by atoms with van der Waals surface area (Å²) in [6, 6.07) is 0. The summed E-state index contributed by atoms with van der Waals surface area (Å²) in [5.74, 6) is 0. The van der Waals surface area contributed by atoms with Crippen molar-refractivity contribution in [2.24, 2.45) is 0 Å². The van der Waals surface area contributed by atoms with Gasteiger partial charge in [-0.15, -0.1) is 5.60 Å². The second-order valence-electron chi connectivity index (χ2n) is 7.26. The van der Waals surface area contributed by atoms with Gasteiger partial charge in [-0.05, 0) is 55.3 Å². The number of aldehydes is 2. The van der Waals surface area contributed by atoms with E-state index in [1.807, 2.05) is 182 Å². The van der Waals surface area contributed by atoms with Crippen LogP contribution < -0.4 is 56.5 Å². The zero-order valence-corrected chi connectivity index (χ0v) is 48.0. The van der Waals surface area contributed by atoms with Crippen LogP contribution >= 0.6 is 0 Å². The smallest absolute Gasteiger partial charge is 1.00 e. The number of carbonyl (C=O) groups is 2. The first kappa shape index (κ1) is 147. The predicted molar refractivity (Wildman–Crippen MR) is 271 cm³/mol. The molecule has 7 nitrogen and oxygen atoms in total. The number of carbonyl (C=O) groups excluding carboxylic acids is 2. The SMILES string of the molecule is C.C.CB(O)O.CC.CC.CC.CC.CC.CC.CC.CC(C)(C)[O-].CC=CC.CC=CC.CC=CC.CC=O.CCC.CCC=O.CCCC.O.[H-].[H-].[K+].[Mg+2].[OH3+]. The van der Waals surface area contributed by atoms with Crippen LogP contribution in [0.25, 0.3) is 0 Å². The van der Waals surface area contributed by atoms with Crippen molar-refractivity contribution in [2.45, 2.75) is 254 Å². The van der Waals surface area contributed by atoms with E-state index in [9.17, 15) is 9.90 Å². The molecule has 0 amide bonds. The Morgan fingerprint density at radius 2 is 0.600 bits per heavy atom. The molecule has 0 aromatic heterocycles. The second-order valence-corrected chi connectivity index (χ2v) is 7.26. The molecule has 0 fully saturated rings. The van der Waals surface area contributed by atoms with Crippen LogP contribution in [0.15, 0.2) is 36.5 Å². The first-order valence-corrected chi connectivity index (χ1v) is 19.8. The quantitative estimate of drug-likeness (QED) is 0.122. The van der Waals surface area contributed by atoms with Crippen LogP contribution in [0.5, 0.6) is 0 Å². The van der Waals surface area contributed by atoms with E-state index in [0.29, 0.717) is 6.42 Å². The summed E-state index contributed by atoms with van der Waals surface area (Å²) >= 11 is 0. The van der Waals surface area contributed by atoms with Gasteiger partial charge in [-0.3, -0.25) is 0 Å². The summed E-state index contributed by atoms with van der Waals surface area (Å²) in [6.07, 6.45) is 18.2. The minimum absolute atomic E-state index is 0. The fraction of sp³-hybridized carbons (Fsp3) is 0.822. The van der Waals surface area contributed by atoms with Crippen LogP contribution in [0.1, 0.15) is 244 Å². The zero-order chi connectivity index (χ0) is 44.6. The van der Waals surface area contributed by atoms with Crippen molar-refractivity contribution >= 4 is 42.7 Å². The Bertz CT molecular complexity index is 336. The Hall–Kier alpha value is 0.828. The second kappa shape index (κ2) is 333. The summed E-state index contributed by atoms with van der Waals surface area (Å²) in [5.41, 5.74) is -0.750. The average molecular weight is 851 g/mol. The van der Waals surface area contributed by atoms with Gasteiger partial charge in [0.05, 0.1) is 0 Å². The molecular formula is C45H123BKMgO7+. The van der Waals surface area contributed by atoms with Crippen LogP contribution in [0, 0.1) is 0 Å². The van der Waals surface area contributed by atoms with E-state index in [-0.39, 0.29) is 103 Å². The molecule has 0 bridgehead atoms. The Kier molecular flexibility index (Phi) is 889. The Morgan fingerprint density at radius 1 is 0.545 bits per heavy atom. The van der Waals surface area contributed by atoms with Gasteiger partial charge in [-0.25, -0.2) is 0 Å². The normalized spacial score (nSPS) is 5.98. The van der Waals surface area contributed by atoms with Crippen molar-refractivity contribution in [3.05, 3.63) is 36.5 Å². The first-order valence-electron chi connectivity index (χ1n) is 19.8. The molecule has 0 aliphatic heterocycles. The molecule has 0 spiro atoms. The van der Waals surface area contributed by atoms with E-state index in [4.69, 9.17) is 14.8 Å². The van der Waals surface area contributed by atoms with Gasteiger partial charge >= 0.3 is 81.6 Å². The third kappa shape index (κ3) is 4510. The molecule has 0 saturated carbocycles. The van der Waals surface area contributed by atoms with Crippen LogP contribution in [0.4, 0.5) is 0 Å². The van der Waals surface area contributed by atoms with E-state index in [2.05, 4.69) is 27.7 Å². The molecule has 0 radical (unpaired) electrons. The number of hydrogen-bond donors (Lipinski definition) is 2. The molecule has 0 rings (SSSR count). The molecule has 0 atom stereocenters. The zero-order valence-electron chi connectivity index (χ0n) is 45.4. The van der Waals surface area contributed by atoms with Crippen molar-refractivity contribution in [3.63, 3.8) is 0 Å². The molecular weight excluding hydrogens is 727 g/mol. The van der Waals surface area contributed by atoms with Crippen LogP contribution in [0.3, 0.4) is 0 Å². The number of allylic oxidation sites excluding steroid dienone is 6. The maximum Gasteiger partial charge on any atom is 2.00 e. The van der Waals surface area contributed by atoms with E-state index in [0.717, 1.165) is 12.6 Å². The topological polar surface area (TPSA) is 162 Å². The third-order valence-corrected chi connectivity index (χ3v) is 1.67. The van der Waals surface area contributed by atoms with Crippen molar-refractivity contribution in [1.82, 2.24) is 0 Å². The molecule has 0 heterocycles. The van der Waals surface area contributed by atoms with Gasteiger partial charge in [-0.1, -0.05) is 223 Å². The fourth-order valence-electron chi connectivity index (χ4n) is 0. The summed E-state index contributed by atoms with van der Waals surface area (Å²) in [7, 11) is -1.17. The first-order chi connectivity index (χ1) is 23.1. The van der Waals surface area contributed by atoms with Crippen LogP contribution in [-0.2, 0) is 15.1 Å². The van der Waals surface area contributed by atoms with Crippen molar-refractivity contribution in [1.29, 1.82) is 0 Å². The summed E-state index contributed by atoms with van der Waals surface area (Å²) in [6.45, 7) is 58.0. The molecule has 55 heavy (non-hydrogen) atoms. The van der Waals surface area contributed by atoms with Gasteiger partial charge in [0.2, 0.25) is 0 Å². The summed E-state index contributed by atoms with van der Waals surface area (Å²) < 4.78 is 0. The van der Waals surface area contributed by atoms with E-state index >= 15 is 0 Å². The Morgan fingerprint density at radius 3 is 0.600 bits per heavy atom. The molecule has 10 heteroatoms. The van der Waals surface area contributed by atoms with Crippen molar-refractivity contribution in [3.8, 4) is 0 Å². The number of unbranched alkanes of at least 4 members (excludes halogenated alkanes) is 1. The molecule has 0 saturated heterocycles. The molecule has 0 aromatic carbocycles. The van der Waals surface area contributed by atoms with Gasteiger partial charge in [0.25, 0.3) is 0 Å². The van der Waals surface area contributed by atoms with Crippen molar-refractivity contribution < 1.29 is 89.9 Å². The van der Waals surface area contributed by atoms with Gasteiger partial charge < -0.3 is 38.5 Å². The van der Waals surface area contributed by atoms with E-state index in [1.165, 1.54) is 33.0 Å². The van der Waals surface area contributed by atoms with Crippen molar-refractivity contribution in [2.75, 3.05) is 0 Å². The Balaban J connectivity index is -0.00000000927. The third-order valence-electron chi connectivity index (χ3n) is 1.67. The molecule has 0 unspecified atom stereocenters. The van der Waals surface area contributed by atoms with Crippen LogP contribution in [0.2, 0.25) is 6.82 Å². The maximum absolute atomic E-state index is 10.1. The predicted octanol–water partition coefficient (Wildman–Crippen LogP) is 11.6. The van der Waals surface area contributed by atoms with E-state index in [1.54, 1.807) is 20.8 Å². The standard InChI is InChI=1S/C4H9O.C4H10.3C4H8.C3H6O.C3H8.C2H4O.7C2H6.CH5BO2.2CH4.K.Mg.2H2O.2H/c1-4(2,3)5;4*1-3-4-2;1-2-3-4;1-3-2;1-2-3;7*1-2;1-2(3)4;;;;;;;;/h1-3H3;3-4H2,1-2H3;3*3-4H,1-2H3;3H,2H2,1H3;3H2,1-2H3;2H,1H3;7*1-2H3;3-4H,1H3;2*1H4;;;2*1H2;;/q-1;;;;;;;;;;;;;;;;;;+1;+2;;;2*-1/p+1. The van der Waals surface area contributed by atoms with E-state index < -0.39 is 12.7 Å².